The minimum absolute atomic E-state index is 0.00233. The number of fused-ring (bicyclic) bond motifs is 5. The van der Waals surface area contributed by atoms with Crippen LogP contribution in [0.3, 0.4) is 0 Å². The molecule has 1 heterocycles. The third kappa shape index (κ3) is 2.91. The molecule has 0 saturated heterocycles. The summed E-state index contributed by atoms with van der Waals surface area (Å²) in [4.78, 5) is 8.67. The summed E-state index contributed by atoms with van der Waals surface area (Å²) >= 11 is 0. The van der Waals surface area contributed by atoms with Crippen LogP contribution in [0.2, 0.25) is 0 Å². The molecule has 36 heavy (non-hydrogen) atoms. The monoisotopic (exact) mass is 462 g/mol. The normalized spacial score (nSPS) is 13.6. The van der Waals surface area contributed by atoms with Gasteiger partial charge in [0.15, 0.2) is 0 Å². The van der Waals surface area contributed by atoms with Crippen molar-refractivity contribution >= 4 is 21.5 Å². The van der Waals surface area contributed by atoms with Crippen LogP contribution < -0.4 is 0 Å². The first-order valence-corrected chi connectivity index (χ1v) is 12.5. The van der Waals surface area contributed by atoms with Crippen molar-refractivity contribution in [2.24, 2.45) is 0 Å². The van der Waals surface area contributed by atoms with Gasteiger partial charge in [0.2, 0.25) is 0 Å². The molecular formula is C34H26N2. The van der Waals surface area contributed by atoms with Crippen LogP contribution in [0.25, 0.3) is 54.9 Å². The molecule has 2 nitrogen and oxygen atoms in total. The summed E-state index contributed by atoms with van der Waals surface area (Å²) in [5.74, 6) is 0. The zero-order valence-electron chi connectivity index (χ0n) is 20.7. The predicted molar refractivity (Wildman–Crippen MR) is 150 cm³/mol. The molecule has 1 aliphatic carbocycles. The Balaban J connectivity index is 1.60. The number of aryl methyl sites for hydroxylation is 1. The summed E-state index contributed by atoms with van der Waals surface area (Å²) < 4.78 is 0. The van der Waals surface area contributed by atoms with Crippen molar-refractivity contribution in [2.45, 2.75) is 26.2 Å². The Kier molecular flexibility index (Phi) is 4.44. The lowest BCUT2D eigenvalue weighted by Crippen LogP contribution is -2.14. The molecule has 0 bridgehead atoms. The fraction of sp³-hybridized carbons (Fsp3) is 0.118. The molecule has 0 aliphatic heterocycles. The molecule has 172 valence electrons. The fourth-order valence-electron chi connectivity index (χ4n) is 6.22. The third-order valence-corrected chi connectivity index (χ3v) is 7.90. The van der Waals surface area contributed by atoms with Crippen molar-refractivity contribution in [2.75, 3.05) is 0 Å². The first-order valence-electron chi connectivity index (χ1n) is 12.5. The van der Waals surface area contributed by atoms with Gasteiger partial charge in [0.1, 0.15) is 6.33 Å². The third-order valence-electron chi connectivity index (χ3n) is 7.90. The van der Waals surface area contributed by atoms with Crippen molar-refractivity contribution in [3.8, 4) is 33.4 Å². The maximum Gasteiger partial charge on any atom is 0.115 e. The number of hydrogen-bond donors (Lipinski definition) is 0. The van der Waals surface area contributed by atoms with Gasteiger partial charge in [-0.1, -0.05) is 98.3 Å². The molecule has 0 saturated carbocycles. The van der Waals surface area contributed by atoms with E-state index >= 15 is 0 Å². The quantitative estimate of drug-likeness (QED) is 0.240. The van der Waals surface area contributed by atoms with Gasteiger partial charge in [-0.3, -0.25) is 0 Å². The Bertz CT molecular complexity index is 1810. The molecule has 6 aromatic rings. The molecular weight excluding hydrogens is 436 g/mol. The molecule has 0 spiro atoms. The van der Waals surface area contributed by atoms with E-state index in [0.717, 1.165) is 5.56 Å². The predicted octanol–water partition coefficient (Wildman–Crippen LogP) is 8.73. The molecule has 0 amide bonds. The lowest BCUT2D eigenvalue weighted by molar-refractivity contribution is 0.660. The van der Waals surface area contributed by atoms with E-state index < -0.39 is 0 Å². The van der Waals surface area contributed by atoms with E-state index in [2.05, 4.69) is 116 Å². The molecule has 7 rings (SSSR count). The van der Waals surface area contributed by atoms with Crippen LogP contribution >= 0.6 is 0 Å². The van der Waals surface area contributed by atoms with Gasteiger partial charge in [0.25, 0.3) is 0 Å². The van der Waals surface area contributed by atoms with Crippen LogP contribution in [0.1, 0.15) is 30.5 Å². The summed E-state index contributed by atoms with van der Waals surface area (Å²) in [5, 5.41) is 4.96. The van der Waals surface area contributed by atoms with Crippen molar-refractivity contribution in [3.05, 3.63) is 120 Å². The van der Waals surface area contributed by atoms with E-state index in [4.69, 9.17) is 0 Å². The highest BCUT2D eigenvalue weighted by Gasteiger charge is 2.35. The summed E-state index contributed by atoms with van der Waals surface area (Å²) in [6.07, 6.45) is 5.43. The van der Waals surface area contributed by atoms with Crippen molar-refractivity contribution < 1.29 is 0 Å². The smallest absolute Gasteiger partial charge is 0.115 e. The van der Waals surface area contributed by atoms with Gasteiger partial charge >= 0.3 is 0 Å². The molecule has 0 atom stereocenters. The maximum absolute atomic E-state index is 4.34. The van der Waals surface area contributed by atoms with Crippen LogP contribution in [0, 0.1) is 6.92 Å². The number of aromatic nitrogens is 2. The molecule has 1 aliphatic rings. The number of nitrogens with zero attached hydrogens (tertiary/aromatic N) is 2. The zero-order chi connectivity index (χ0) is 24.4. The SMILES string of the molecule is Cc1ccc2c(-c3cncnc3)c3ccccc3c(-c3ccc4c(c3)-c3ccccc3C4(C)C)c2c1. The van der Waals surface area contributed by atoms with E-state index in [1.165, 1.54) is 66.1 Å². The Morgan fingerprint density at radius 3 is 1.97 bits per heavy atom. The van der Waals surface area contributed by atoms with Gasteiger partial charge < -0.3 is 0 Å². The van der Waals surface area contributed by atoms with Crippen molar-refractivity contribution in [1.82, 2.24) is 9.97 Å². The van der Waals surface area contributed by atoms with Gasteiger partial charge in [0.05, 0.1) is 0 Å². The van der Waals surface area contributed by atoms with Gasteiger partial charge in [-0.05, 0) is 67.9 Å². The largest absolute Gasteiger partial charge is 0.244 e. The van der Waals surface area contributed by atoms with E-state index in [9.17, 15) is 0 Å². The molecule has 1 aromatic heterocycles. The number of rotatable bonds is 2. The number of benzene rings is 5. The summed E-state index contributed by atoms with van der Waals surface area (Å²) in [5.41, 5.74) is 11.5. The van der Waals surface area contributed by atoms with E-state index in [-0.39, 0.29) is 5.41 Å². The Morgan fingerprint density at radius 2 is 1.19 bits per heavy atom. The molecule has 0 fully saturated rings. The maximum atomic E-state index is 4.34. The van der Waals surface area contributed by atoms with Gasteiger partial charge in [-0.2, -0.15) is 0 Å². The second kappa shape index (κ2) is 7.60. The minimum Gasteiger partial charge on any atom is -0.244 e. The lowest BCUT2D eigenvalue weighted by atomic mass is 9.81. The second-order valence-corrected chi connectivity index (χ2v) is 10.4. The molecule has 0 radical (unpaired) electrons. The Labute approximate surface area is 211 Å². The Hall–Kier alpha value is -4.30. The fourth-order valence-corrected chi connectivity index (χ4v) is 6.22. The molecule has 2 heteroatoms. The van der Waals surface area contributed by atoms with Crippen LogP contribution in [-0.4, -0.2) is 9.97 Å². The first-order chi connectivity index (χ1) is 17.5. The summed E-state index contributed by atoms with van der Waals surface area (Å²) in [6, 6.07) is 31.5. The second-order valence-electron chi connectivity index (χ2n) is 10.4. The summed E-state index contributed by atoms with van der Waals surface area (Å²) in [7, 11) is 0. The first kappa shape index (κ1) is 21.0. The van der Waals surface area contributed by atoms with Crippen molar-refractivity contribution in [1.29, 1.82) is 0 Å². The van der Waals surface area contributed by atoms with Crippen LogP contribution in [-0.2, 0) is 5.41 Å². The zero-order valence-corrected chi connectivity index (χ0v) is 20.7. The Morgan fingerprint density at radius 1 is 0.556 bits per heavy atom. The van der Waals surface area contributed by atoms with Gasteiger partial charge in [-0.15, -0.1) is 0 Å². The van der Waals surface area contributed by atoms with Crippen molar-refractivity contribution in [3.63, 3.8) is 0 Å². The number of hydrogen-bond acceptors (Lipinski definition) is 2. The lowest BCUT2D eigenvalue weighted by Gasteiger charge is -2.22. The summed E-state index contributed by atoms with van der Waals surface area (Å²) in [6.45, 7) is 6.84. The topological polar surface area (TPSA) is 25.8 Å². The van der Waals surface area contributed by atoms with Crippen LogP contribution in [0.15, 0.2) is 104 Å². The van der Waals surface area contributed by atoms with E-state index in [1.807, 2.05) is 12.4 Å². The standard InChI is InChI=1S/C34H26N2/c1-21-12-14-27-29(16-21)32(25-9-4-5-10-26(25)33(27)23-18-35-20-36-19-23)22-13-15-31-28(17-22)24-8-6-7-11-30(24)34(31,2)3/h4-20H,1-3H3. The van der Waals surface area contributed by atoms with Crippen LogP contribution in [0.5, 0.6) is 0 Å². The molecule has 0 N–H and O–H groups in total. The minimum atomic E-state index is 0.00233. The van der Waals surface area contributed by atoms with Gasteiger partial charge in [0, 0.05) is 28.9 Å². The average molecular weight is 463 g/mol. The van der Waals surface area contributed by atoms with Crippen LogP contribution in [0.4, 0.5) is 0 Å². The van der Waals surface area contributed by atoms with E-state index in [1.54, 1.807) is 6.33 Å². The average Bonchev–Trinajstić information content (AvgIpc) is 3.14. The highest BCUT2D eigenvalue weighted by atomic mass is 14.8. The highest BCUT2D eigenvalue weighted by Crippen LogP contribution is 2.51. The van der Waals surface area contributed by atoms with Gasteiger partial charge in [-0.25, -0.2) is 9.97 Å². The molecule has 5 aromatic carbocycles. The molecule has 0 unspecified atom stereocenters. The highest BCUT2D eigenvalue weighted by molar-refractivity contribution is 6.21. The van der Waals surface area contributed by atoms with E-state index in [0.29, 0.717) is 0 Å².